The van der Waals surface area contributed by atoms with Gasteiger partial charge in [-0.2, -0.15) is 0 Å². The molecule has 0 unspecified atom stereocenters. The summed E-state index contributed by atoms with van der Waals surface area (Å²) >= 11 is 6.46. The van der Waals surface area contributed by atoms with Crippen LogP contribution in [0.15, 0.2) is 24.3 Å². The second-order valence-corrected chi connectivity index (χ2v) is 6.00. The molecule has 4 heteroatoms. The lowest BCUT2D eigenvalue weighted by Gasteiger charge is -2.45. The molecule has 0 saturated heterocycles. The van der Waals surface area contributed by atoms with Crippen molar-refractivity contribution in [3.05, 3.63) is 34.9 Å². The molecule has 3 nitrogen and oxygen atoms in total. The molecule has 2 atom stereocenters. The van der Waals surface area contributed by atoms with Crippen LogP contribution >= 0.6 is 11.6 Å². The molecule has 0 amide bonds. The van der Waals surface area contributed by atoms with Crippen LogP contribution in [-0.2, 0) is 5.54 Å². The monoisotopic (exact) mass is 295 g/mol. The summed E-state index contributed by atoms with van der Waals surface area (Å²) in [6.45, 7) is 1.70. The van der Waals surface area contributed by atoms with Crippen LogP contribution in [-0.4, -0.2) is 26.2 Å². The minimum absolute atomic E-state index is 0.0643. The van der Waals surface area contributed by atoms with Crippen LogP contribution < -0.4 is 16.4 Å². The van der Waals surface area contributed by atoms with Gasteiger partial charge in [0.05, 0.1) is 5.54 Å². The van der Waals surface area contributed by atoms with Crippen molar-refractivity contribution in [3.63, 3.8) is 0 Å². The van der Waals surface area contributed by atoms with Crippen LogP contribution in [0, 0.1) is 0 Å². The van der Waals surface area contributed by atoms with Gasteiger partial charge in [0.1, 0.15) is 0 Å². The molecule has 0 bridgehead atoms. The van der Waals surface area contributed by atoms with Crippen LogP contribution in [0.2, 0.25) is 5.02 Å². The van der Waals surface area contributed by atoms with Gasteiger partial charge in [-0.15, -0.1) is 0 Å². The van der Waals surface area contributed by atoms with E-state index < -0.39 is 0 Å². The first-order valence-corrected chi connectivity index (χ1v) is 8.00. The molecule has 1 aliphatic carbocycles. The first-order chi connectivity index (χ1) is 9.74. The van der Waals surface area contributed by atoms with Gasteiger partial charge in [0.15, 0.2) is 0 Å². The Morgan fingerprint density at radius 1 is 1.35 bits per heavy atom. The minimum atomic E-state index is -0.0643. The number of halogens is 1. The summed E-state index contributed by atoms with van der Waals surface area (Å²) < 4.78 is 0. The number of rotatable bonds is 6. The maximum absolute atomic E-state index is 6.46. The van der Waals surface area contributed by atoms with Crippen LogP contribution in [0.4, 0.5) is 0 Å². The summed E-state index contributed by atoms with van der Waals surface area (Å²) in [5, 5.41) is 8.12. The fraction of sp³-hybridized carbons (Fsp3) is 0.625. The van der Waals surface area contributed by atoms with Gasteiger partial charge in [0.25, 0.3) is 0 Å². The van der Waals surface area contributed by atoms with Crippen molar-refractivity contribution < 1.29 is 0 Å². The summed E-state index contributed by atoms with van der Waals surface area (Å²) in [6.07, 6.45) is 5.82. The van der Waals surface area contributed by atoms with Crippen molar-refractivity contribution in [2.24, 2.45) is 5.73 Å². The minimum Gasteiger partial charge on any atom is -0.330 e. The molecule has 0 heterocycles. The quantitative estimate of drug-likeness (QED) is 0.707. The Balaban J connectivity index is 2.26. The lowest BCUT2D eigenvalue weighted by Crippen LogP contribution is -2.58. The van der Waals surface area contributed by atoms with E-state index in [0.717, 1.165) is 31.0 Å². The molecule has 0 radical (unpaired) electrons. The van der Waals surface area contributed by atoms with Gasteiger partial charge in [0.2, 0.25) is 0 Å². The molecule has 1 aliphatic rings. The molecular formula is C16H26ClN3. The van der Waals surface area contributed by atoms with Gasteiger partial charge in [-0.05, 0) is 51.0 Å². The highest BCUT2D eigenvalue weighted by Crippen LogP contribution is 2.40. The number of hydrogen-bond acceptors (Lipinski definition) is 3. The molecule has 1 aromatic rings. The highest BCUT2D eigenvalue weighted by Gasteiger charge is 2.41. The number of nitrogens with one attached hydrogen (secondary N) is 2. The summed E-state index contributed by atoms with van der Waals surface area (Å²) in [7, 11) is 2.05. The molecule has 0 aromatic heterocycles. The zero-order chi connectivity index (χ0) is 14.4. The van der Waals surface area contributed by atoms with E-state index >= 15 is 0 Å². The van der Waals surface area contributed by atoms with Gasteiger partial charge in [-0.1, -0.05) is 42.6 Å². The van der Waals surface area contributed by atoms with E-state index in [9.17, 15) is 0 Å². The van der Waals surface area contributed by atoms with Crippen LogP contribution in [0.5, 0.6) is 0 Å². The SMILES string of the molecule is CN[C@]1(c2ccccc2Cl)CCCC[C@H]1NCCCN. The predicted octanol–water partition coefficient (Wildman–Crippen LogP) is 2.64. The van der Waals surface area contributed by atoms with Gasteiger partial charge in [0, 0.05) is 11.1 Å². The molecule has 0 aliphatic heterocycles. The average molecular weight is 296 g/mol. The summed E-state index contributed by atoms with van der Waals surface area (Å²) in [5.41, 5.74) is 6.76. The Kier molecular flexibility index (Phi) is 5.85. The lowest BCUT2D eigenvalue weighted by atomic mass is 9.72. The molecule has 1 aromatic carbocycles. The average Bonchev–Trinajstić information content (AvgIpc) is 2.49. The molecule has 0 spiro atoms. The first-order valence-electron chi connectivity index (χ1n) is 7.62. The molecule has 112 valence electrons. The van der Waals surface area contributed by atoms with E-state index in [1.54, 1.807) is 0 Å². The molecule has 1 fully saturated rings. The number of benzene rings is 1. The first kappa shape index (κ1) is 15.8. The van der Waals surface area contributed by atoms with Crippen LogP contribution in [0.25, 0.3) is 0 Å². The Bertz CT molecular complexity index is 424. The van der Waals surface area contributed by atoms with E-state index in [0.29, 0.717) is 6.04 Å². The van der Waals surface area contributed by atoms with Crippen LogP contribution in [0.1, 0.15) is 37.7 Å². The third kappa shape index (κ3) is 3.17. The smallest absolute Gasteiger partial charge is 0.0602 e. The molecule has 2 rings (SSSR count). The highest BCUT2D eigenvalue weighted by molar-refractivity contribution is 6.31. The van der Waals surface area contributed by atoms with Crippen molar-refractivity contribution in [2.45, 2.75) is 43.7 Å². The fourth-order valence-electron chi connectivity index (χ4n) is 3.41. The standard InChI is InChI=1S/C16H26ClN3/c1-19-16(13-7-2-3-8-14(13)17)10-5-4-9-15(16)20-12-6-11-18/h2-3,7-8,15,19-20H,4-6,9-12,18H2,1H3/t15-,16+/m1/s1. The van der Waals surface area contributed by atoms with E-state index in [2.05, 4.69) is 22.8 Å². The van der Waals surface area contributed by atoms with Gasteiger partial charge in [-0.25, -0.2) is 0 Å². The second-order valence-electron chi connectivity index (χ2n) is 5.60. The highest BCUT2D eigenvalue weighted by atomic mass is 35.5. The van der Waals surface area contributed by atoms with E-state index in [1.165, 1.54) is 24.8 Å². The summed E-state index contributed by atoms with van der Waals surface area (Å²) in [5.74, 6) is 0. The van der Waals surface area contributed by atoms with E-state index in [-0.39, 0.29) is 5.54 Å². The number of likely N-dealkylation sites (N-methyl/N-ethyl adjacent to an activating group) is 1. The number of hydrogen-bond donors (Lipinski definition) is 3. The molecule has 4 N–H and O–H groups in total. The molecule has 20 heavy (non-hydrogen) atoms. The van der Waals surface area contributed by atoms with Gasteiger partial charge >= 0.3 is 0 Å². The fourth-order valence-corrected chi connectivity index (χ4v) is 3.71. The maximum atomic E-state index is 6.46. The van der Waals surface area contributed by atoms with Crippen molar-refractivity contribution in [3.8, 4) is 0 Å². The van der Waals surface area contributed by atoms with E-state index in [1.807, 2.05) is 19.2 Å². The third-order valence-corrected chi connectivity index (χ3v) is 4.81. The Hall–Kier alpha value is -0.610. The van der Waals surface area contributed by atoms with Crippen LogP contribution in [0.3, 0.4) is 0 Å². The zero-order valence-electron chi connectivity index (χ0n) is 12.3. The lowest BCUT2D eigenvalue weighted by molar-refractivity contribution is 0.178. The molecule has 1 saturated carbocycles. The zero-order valence-corrected chi connectivity index (χ0v) is 13.0. The Morgan fingerprint density at radius 3 is 2.85 bits per heavy atom. The Morgan fingerprint density at radius 2 is 2.15 bits per heavy atom. The normalized spacial score (nSPS) is 26.6. The van der Waals surface area contributed by atoms with Crippen molar-refractivity contribution in [2.75, 3.05) is 20.1 Å². The van der Waals surface area contributed by atoms with Gasteiger partial charge in [-0.3, -0.25) is 0 Å². The topological polar surface area (TPSA) is 50.1 Å². The third-order valence-electron chi connectivity index (χ3n) is 4.48. The number of nitrogens with two attached hydrogens (primary N) is 1. The predicted molar refractivity (Wildman–Crippen MR) is 86.1 cm³/mol. The summed E-state index contributed by atoms with van der Waals surface area (Å²) in [6, 6.07) is 8.62. The van der Waals surface area contributed by atoms with Crippen molar-refractivity contribution in [1.29, 1.82) is 0 Å². The van der Waals surface area contributed by atoms with Gasteiger partial charge < -0.3 is 16.4 Å². The molecular weight excluding hydrogens is 270 g/mol. The van der Waals surface area contributed by atoms with E-state index in [4.69, 9.17) is 17.3 Å². The maximum Gasteiger partial charge on any atom is 0.0602 e. The second kappa shape index (κ2) is 7.41. The van der Waals surface area contributed by atoms with Crippen molar-refractivity contribution >= 4 is 11.6 Å². The van der Waals surface area contributed by atoms with Crippen molar-refractivity contribution in [1.82, 2.24) is 10.6 Å². The summed E-state index contributed by atoms with van der Waals surface area (Å²) in [4.78, 5) is 0. The largest absolute Gasteiger partial charge is 0.330 e. The Labute approximate surface area is 127 Å².